The third kappa shape index (κ3) is 3.29. The van der Waals surface area contributed by atoms with E-state index in [0.29, 0.717) is 12.5 Å². The minimum Gasteiger partial charge on any atom is -0.444 e. The molecule has 22 heavy (non-hydrogen) atoms. The molecule has 3 aliphatic rings. The van der Waals surface area contributed by atoms with Crippen LogP contribution in [-0.4, -0.2) is 35.7 Å². The molecular formula is C17H27NO4. The van der Waals surface area contributed by atoms with Crippen molar-refractivity contribution >= 4 is 11.9 Å². The summed E-state index contributed by atoms with van der Waals surface area (Å²) in [5, 5.41) is 2.79. The largest absolute Gasteiger partial charge is 0.444 e. The number of rotatable bonds is 5. The zero-order chi connectivity index (χ0) is 16.1. The van der Waals surface area contributed by atoms with Crippen LogP contribution in [0.15, 0.2) is 0 Å². The van der Waals surface area contributed by atoms with Crippen molar-refractivity contribution in [3.8, 4) is 0 Å². The molecule has 0 bridgehead atoms. The fourth-order valence-corrected chi connectivity index (χ4v) is 3.89. The van der Waals surface area contributed by atoms with Gasteiger partial charge in [-0.15, -0.1) is 0 Å². The van der Waals surface area contributed by atoms with Crippen molar-refractivity contribution in [3.05, 3.63) is 0 Å². The van der Waals surface area contributed by atoms with Gasteiger partial charge in [0.15, 0.2) is 5.78 Å². The summed E-state index contributed by atoms with van der Waals surface area (Å²) in [5.74, 6) is 2.11. The van der Waals surface area contributed by atoms with E-state index in [2.05, 4.69) is 5.32 Å². The summed E-state index contributed by atoms with van der Waals surface area (Å²) in [6, 6.07) is -0.488. The Labute approximate surface area is 132 Å². The highest BCUT2D eigenvalue weighted by molar-refractivity contribution is 5.95. The quantitative estimate of drug-likeness (QED) is 0.793. The van der Waals surface area contributed by atoms with Gasteiger partial charge < -0.3 is 14.8 Å². The van der Waals surface area contributed by atoms with Crippen LogP contribution in [0.25, 0.3) is 0 Å². The van der Waals surface area contributed by atoms with E-state index in [1.54, 1.807) is 6.92 Å². The van der Waals surface area contributed by atoms with Gasteiger partial charge in [0.1, 0.15) is 11.2 Å². The first kappa shape index (κ1) is 15.8. The van der Waals surface area contributed by atoms with Crippen LogP contribution in [0.5, 0.6) is 0 Å². The van der Waals surface area contributed by atoms with Crippen LogP contribution in [-0.2, 0) is 14.3 Å². The summed E-state index contributed by atoms with van der Waals surface area (Å²) in [5.41, 5.74) is -1.27. The monoisotopic (exact) mass is 309 g/mol. The van der Waals surface area contributed by atoms with E-state index in [9.17, 15) is 9.59 Å². The van der Waals surface area contributed by atoms with Crippen molar-refractivity contribution in [1.82, 2.24) is 5.32 Å². The number of hydrogen-bond acceptors (Lipinski definition) is 4. The van der Waals surface area contributed by atoms with Crippen molar-refractivity contribution in [2.45, 2.75) is 70.6 Å². The van der Waals surface area contributed by atoms with Crippen LogP contribution < -0.4 is 5.32 Å². The molecule has 5 nitrogen and oxygen atoms in total. The number of ether oxygens (including phenoxy) is 2. The molecule has 5 atom stereocenters. The maximum absolute atomic E-state index is 12.6. The van der Waals surface area contributed by atoms with Gasteiger partial charge >= 0.3 is 6.09 Å². The van der Waals surface area contributed by atoms with E-state index in [-0.39, 0.29) is 5.78 Å². The standard InChI is InChI=1S/C17H27NO4/c1-16(2,3)22-15(20)18-13(14(19)17(4)9-21-17)8-12-10-6-5-7-11(10)12/h10-13H,5-9H2,1-4H3,(H,18,20)/t10-,11+,12-,13-,17+/m0/s1. The van der Waals surface area contributed by atoms with E-state index in [4.69, 9.17) is 9.47 Å². The van der Waals surface area contributed by atoms with E-state index in [1.165, 1.54) is 19.3 Å². The van der Waals surface area contributed by atoms with Gasteiger partial charge in [-0.1, -0.05) is 6.42 Å². The molecule has 0 unspecified atom stereocenters. The third-order valence-electron chi connectivity index (χ3n) is 5.20. The summed E-state index contributed by atoms with van der Waals surface area (Å²) in [6.45, 7) is 7.71. The molecule has 1 heterocycles. The van der Waals surface area contributed by atoms with Crippen LogP contribution in [0.3, 0.4) is 0 Å². The predicted octanol–water partition coefficient (Wildman–Crippen LogP) is 2.67. The van der Waals surface area contributed by atoms with Crippen LogP contribution in [0, 0.1) is 17.8 Å². The summed E-state index contributed by atoms with van der Waals surface area (Å²) >= 11 is 0. The average Bonchev–Trinajstić information content (AvgIpc) is 3.22. The highest BCUT2D eigenvalue weighted by atomic mass is 16.6. The molecule has 3 rings (SSSR count). The average molecular weight is 309 g/mol. The van der Waals surface area contributed by atoms with Crippen molar-refractivity contribution in [1.29, 1.82) is 0 Å². The Bertz CT molecular complexity index is 468. The lowest BCUT2D eigenvalue weighted by molar-refractivity contribution is -0.126. The Morgan fingerprint density at radius 1 is 1.32 bits per heavy atom. The van der Waals surface area contributed by atoms with Gasteiger partial charge in [0.2, 0.25) is 0 Å². The number of epoxide rings is 1. The molecule has 1 N–H and O–H groups in total. The summed E-state index contributed by atoms with van der Waals surface area (Å²) in [6.07, 6.45) is 4.07. The Balaban J connectivity index is 1.61. The molecule has 2 aliphatic carbocycles. The normalized spacial score (nSPS) is 37.2. The number of Topliss-reactive ketones (excluding diaryl/α,β-unsaturated/α-hetero) is 1. The second-order valence-corrected chi connectivity index (χ2v) is 8.24. The number of carbonyl (C=O) groups is 2. The first-order valence-corrected chi connectivity index (χ1v) is 8.37. The summed E-state index contributed by atoms with van der Waals surface area (Å²) < 4.78 is 10.6. The zero-order valence-corrected chi connectivity index (χ0v) is 14.0. The fraction of sp³-hybridized carbons (Fsp3) is 0.882. The van der Waals surface area contributed by atoms with Crippen molar-refractivity contribution < 1.29 is 19.1 Å². The Morgan fingerprint density at radius 2 is 1.91 bits per heavy atom. The number of fused-ring (bicyclic) bond motifs is 1. The lowest BCUT2D eigenvalue weighted by Crippen LogP contribution is -2.48. The topological polar surface area (TPSA) is 67.9 Å². The number of hydrogen-bond donors (Lipinski definition) is 1. The molecule has 0 aromatic rings. The summed E-state index contributed by atoms with van der Waals surface area (Å²) in [4.78, 5) is 24.7. The molecular weight excluding hydrogens is 282 g/mol. The molecule has 1 saturated heterocycles. The number of carbonyl (C=O) groups excluding carboxylic acids is 2. The second kappa shape index (κ2) is 5.22. The van der Waals surface area contributed by atoms with Crippen LogP contribution in [0.2, 0.25) is 0 Å². The van der Waals surface area contributed by atoms with E-state index >= 15 is 0 Å². The minimum atomic E-state index is -0.705. The number of nitrogens with one attached hydrogen (secondary N) is 1. The molecule has 1 aliphatic heterocycles. The maximum atomic E-state index is 12.6. The highest BCUT2D eigenvalue weighted by Gasteiger charge is 2.56. The van der Waals surface area contributed by atoms with Crippen molar-refractivity contribution in [3.63, 3.8) is 0 Å². The lowest BCUT2D eigenvalue weighted by atomic mass is 9.94. The van der Waals surface area contributed by atoms with Gasteiger partial charge in [-0.2, -0.15) is 0 Å². The van der Waals surface area contributed by atoms with Gasteiger partial charge in [-0.05, 0) is 64.7 Å². The maximum Gasteiger partial charge on any atom is 0.408 e. The molecule has 0 aromatic heterocycles. The Hall–Kier alpha value is -1.10. The molecule has 0 aromatic carbocycles. The van der Waals surface area contributed by atoms with Crippen LogP contribution >= 0.6 is 0 Å². The number of alkyl carbamates (subject to hydrolysis) is 1. The SMILES string of the molecule is CC(C)(C)OC(=O)N[C@@H](C[C@@H]1[C@@H]2CCC[C@@H]21)C(=O)[C@@]1(C)CO1. The van der Waals surface area contributed by atoms with Gasteiger partial charge in [0.25, 0.3) is 0 Å². The number of amides is 1. The smallest absolute Gasteiger partial charge is 0.408 e. The van der Waals surface area contributed by atoms with Gasteiger partial charge in [-0.3, -0.25) is 4.79 Å². The van der Waals surface area contributed by atoms with E-state index in [0.717, 1.165) is 18.3 Å². The molecule has 5 heteroatoms. The number of ketones is 1. The van der Waals surface area contributed by atoms with Crippen molar-refractivity contribution in [2.75, 3.05) is 6.61 Å². The first-order chi connectivity index (χ1) is 10.2. The molecule has 2 saturated carbocycles. The van der Waals surface area contributed by atoms with Crippen molar-refractivity contribution in [2.24, 2.45) is 17.8 Å². The predicted molar refractivity (Wildman–Crippen MR) is 81.5 cm³/mol. The molecule has 1 amide bonds. The first-order valence-electron chi connectivity index (χ1n) is 8.37. The lowest BCUT2D eigenvalue weighted by Gasteiger charge is -2.24. The third-order valence-corrected chi connectivity index (χ3v) is 5.20. The fourth-order valence-electron chi connectivity index (χ4n) is 3.89. The Morgan fingerprint density at radius 3 is 2.41 bits per heavy atom. The minimum absolute atomic E-state index is 0.0108. The van der Waals surface area contributed by atoms with Crippen LogP contribution in [0.1, 0.15) is 53.4 Å². The molecule has 0 spiro atoms. The van der Waals surface area contributed by atoms with Crippen LogP contribution in [0.4, 0.5) is 4.79 Å². The summed E-state index contributed by atoms with van der Waals surface area (Å²) in [7, 11) is 0. The van der Waals surface area contributed by atoms with E-state index in [1.807, 2.05) is 20.8 Å². The van der Waals surface area contributed by atoms with E-state index < -0.39 is 23.3 Å². The second-order valence-electron chi connectivity index (χ2n) is 8.24. The Kier molecular flexibility index (Phi) is 3.75. The molecule has 124 valence electrons. The zero-order valence-electron chi connectivity index (χ0n) is 14.0. The highest BCUT2D eigenvalue weighted by Crippen LogP contribution is 2.59. The molecule has 0 radical (unpaired) electrons. The van der Waals surface area contributed by atoms with Gasteiger partial charge in [0, 0.05) is 0 Å². The molecule has 3 fully saturated rings. The van der Waals surface area contributed by atoms with Gasteiger partial charge in [0.05, 0.1) is 12.6 Å². The van der Waals surface area contributed by atoms with Gasteiger partial charge in [-0.25, -0.2) is 4.79 Å².